The lowest BCUT2D eigenvalue weighted by atomic mass is 10.3. The summed E-state index contributed by atoms with van der Waals surface area (Å²) in [5, 5.41) is 6.52. The lowest BCUT2D eigenvalue weighted by Crippen LogP contribution is -2.29. The molecule has 0 bridgehead atoms. The van der Waals surface area contributed by atoms with Crippen LogP contribution in [0.25, 0.3) is 11.5 Å². The molecule has 0 aliphatic rings. The number of benzene rings is 1. The van der Waals surface area contributed by atoms with Crippen molar-refractivity contribution in [2.24, 2.45) is 0 Å². The Labute approximate surface area is 150 Å². The average Bonchev–Trinajstić information content (AvgIpc) is 3.12. The van der Waals surface area contributed by atoms with Crippen LogP contribution in [0.5, 0.6) is 5.75 Å². The molecule has 27 heavy (non-hydrogen) atoms. The van der Waals surface area contributed by atoms with E-state index in [4.69, 9.17) is 4.42 Å². The van der Waals surface area contributed by atoms with Crippen LogP contribution in [0.1, 0.15) is 0 Å². The molecule has 2 aromatic heterocycles. The fraction of sp³-hybridized carbons (Fsp3) is 0.118. The van der Waals surface area contributed by atoms with E-state index >= 15 is 0 Å². The molecule has 0 radical (unpaired) electrons. The second kappa shape index (κ2) is 7.36. The Balaban J connectivity index is 1.67. The van der Waals surface area contributed by atoms with E-state index in [2.05, 4.69) is 15.2 Å². The lowest BCUT2D eigenvalue weighted by molar-refractivity contribution is -0.274. The summed E-state index contributed by atoms with van der Waals surface area (Å²) in [6.45, 7) is -0.381. The molecule has 10 heteroatoms. The summed E-state index contributed by atoms with van der Waals surface area (Å²) in [7, 11) is 0. The van der Waals surface area contributed by atoms with Crippen LogP contribution in [-0.4, -0.2) is 22.1 Å². The maximum Gasteiger partial charge on any atom is 0.573 e. The number of aromatic nitrogens is 2. The largest absolute Gasteiger partial charge is 0.573 e. The summed E-state index contributed by atoms with van der Waals surface area (Å²) in [4.78, 5) is 24.0. The zero-order valence-electron chi connectivity index (χ0n) is 13.6. The third kappa shape index (κ3) is 4.97. The van der Waals surface area contributed by atoms with Gasteiger partial charge in [0.05, 0.1) is 6.26 Å². The number of furan rings is 1. The molecule has 0 spiro atoms. The van der Waals surface area contributed by atoms with Gasteiger partial charge in [0.1, 0.15) is 18.0 Å². The Morgan fingerprint density at radius 2 is 1.89 bits per heavy atom. The molecule has 1 aromatic carbocycles. The molecule has 7 nitrogen and oxygen atoms in total. The van der Waals surface area contributed by atoms with Gasteiger partial charge in [-0.25, -0.2) is 4.68 Å². The first-order chi connectivity index (χ1) is 12.8. The first-order valence-electron chi connectivity index (χ1n) is 7.58. The Morgan fingerprint density at radius 3 is 2.52 bits per heavy atom. The summed E-state index contributed by atoms with van der Waals surface area (Å²) in [5.41, 5.74) is 0.125. The van der Waals surface area contributed by atoms with Crippen LogP contribution in [0.2, 0.25) is 0 Å². The van der Waals surface area contributed by atoms with Gasteiger partial charge in [0.25, 0.3) is 5.56 Å². The molecular weight excluding hydrogens is 367 g/mol. The molecule has 0 aliphatic carbocycles. The Kier molecular flexibility index (Phi) is 4.97. The van der Waals surface area contributed by atoms with Gasteiger partial charge in [0.2, 0.25) is 5.91 Å². The monoisotopic (exact) mass is 379 g/mol. The summed E-state index contributed by atoms with van der Waals surface area (Å²) < 4.78 is 46.3. The van der Waals surface area contributed by atoms with Crippen molar-refractivity contribution < 1.29 is 27.1 Å². The molecule has 0 saturated carbocycles. The van der Waals surface area contributed by atoms with Gasteiger partial charge in [-0.2, -0.15) is 5.10 Å². The van der Waals surface area contributed by atoms with Gasteiger partial charge in [0.15, 0.2) is 5.76 Å². The van der Waals surface area contributed by atoms with E-state index in [-0.39, 0.29) is 12.2 Å². The Morgan fingerprint density at radius 1 is 1.15 bits per heavy atom. The van der Waals surface area contributed by atoms with E-state index < -0.39 is 23.6 Å². The molecule has 140 valence electrons. The second-order valence-corrected chi connectivity index (χ2v) is 5.31. The minimum atomic E-state index is -4.80. The van der Waals surface area contributed by atoms with Crippen molar-refractivity contribution in [2.45, 2.75) is 12.9 Å². The number of amides is 1. The Bertz CT molecular complexity index is 980. The van der Waals surface area contributed by atoms with Crippen LogP contribution in [0.4, 0.5) is 18.9 Å². The van der Waals surface area contributed by atoms with E-state index in [1.54, 1.807) is 12.1 Å². The Hall–Kier alpha value is -3.56. The molecule has 2 heterocycles. The number of carbonyl (C=O) groups excluding carboxylic acids is 1. The number of nitrogens with one attached hydrogen (secondary N) is 1. The van der Waals surface area contributed by atoms with Crippen LogP contribution < -0.4 is 15.6 Å². The quantitative estimate of drug-likeness (QED) is 0.736. The van der Waals surface area contributed by atoms with Crippen molar-refractivity contribution >= 4 is 11.6 Å². The van der Waals surface area contributed by atoms with Gasteiger partial charge in [-0.15, -0.1) is 13.2 Å². The van der Waals surface area contributed by atoms with Crippen molar-refractivity contribution in [3.05, 3.63) is 65.1 Å². The second-order valence-electron chi connectivity index (χ2n) is 5.31. The molecule has 0 saturated heterocycles. The molecule has 0 unspecified atom stereocenters. The SMILES string of the molecule is O=C(Cn1nc(-c2ccco2)ccc1=O)Nc1ccc(OC(F)(F)F)cc1. The van der Waals surface area contributed by atoms with Crippen molar-refractivity contribution in [1.82, 2.24) is 9.78 Å². The fourth-order valence-corrected chi connectivity index (χ4v) is 2.19. The number of ether oxygens (including phenoxy) is 1. The van der Waals surface area contributed by atoms with Gasteiger partial charge >= 0.3 is 6.36 Å². The van der Waals surface area contributed by atoms with Crippen molar-refractivity contribution in [1.29, 1.82) is 0 Å². The van der Waals surface area contributed by atoms with Crippen molar-refractivity contribution in [3.63, 3.8) is 0 Å². The number of nitrogens with zero attached hydrogens (tertiary/aromatic N) is 2. The molecule has 3 rings (SSSR count). The van der Waals surface area contributed by atoms with Gasteiger partial charge in [0, 0.05) is 11.8 Å². The van der Waals surface area contributed by atoms with Crippen molar-refractivity contribution in [2.75, 3.05) is 5.32 Å². The molecule has 0 fully saturated rings. The van der Waals surface area contributed by atoms with E-state index in [1.165, 1.54) is 30.5 Å². The zero-order chi connectivity index (χ0) is 19.4. The lowest BCUT2D eigenvalue weighted by Gasteiger charge is -2.10. The van der Waals surface area contributed by atoms with Crippen LogP contribution in [-0.2, 0) is 11.3 Å². The van der Waals surface area contributed by atoms with Gasteiger partial charge in [-0.05, 0) is 42.5 Å². The number of carbonyl (C=O) groups is 1. The van der Waals surface area contributed by atoms with Gasteiger partial charge in [-0.1, -0.05) is 0 Å². The van der Waals surface area contributed by atoms with Crippen molar-refractivity contribution in [3.8, 4) is 17.2 Å². The predicted molar refractivity (Wildman–Crippen MR) is 88.0 cm³/mol. The number of halogens is 3. The van der Waals surface area contributed by atoms with Gasteiger partial charge < -0.3 is 14.5 Å². The number of alkyl halides is 3. The van der Waals surface area contributed by atoms with E-state index in [1.807, 2.05) is 0 Å². The molecule has 0 aliphatic heterocycles. The number of hydrogen-bond donors (Lipinski definition) is 1. The highest BCUT2D eigenvalue weighted by atomic mass is 19.4. The predicted octanol–water partition coefficient (Wildman–Crippen LogP) is 3.04. The summed E-state index contributed by atoms with van der Waals surface area (Å²) >= 11 is 0. The van der Waals surface area contributed by atoms with Gasteiger partial charge in [-0.3, -0.25) is 9.59 Å². The van der Waals surface area contributed by atoms with Crippen LogP contribution in [0.3, 0.4) is 0 Å². The number of hydrogen-bond acceptors (Lipinski definition) is 5. The maximum atomic E-state index is 12.1. The summed E-state index contributed by atoms with van der Waals surface area (Å²) in [6.07, 6.45) is -3.35. The minimum Gasteiger partial charge on any atom is -0.463 e. The summed E-state index contributed by atoms with van der Waals surface area (Å²) in [6, 6.07) is 10.6. The van der Waals surface area contributed by atoms with Crippen LogP contribution in [0, 0.1) is 0 Å². The topological polar surface area (TPSA) is 86.4 Å². The van der Waals surface area contributed by atoms with E-state index in [0.717, 1.165) is 16.8 Å². The minimum absolute atomic E-state index is 0.241. The maximum absolute atomic E-state index is 12.1. The normalized spacial score (nSPS) is 11.2. The highest BCUT2D eigenvalue weighted by Gasteiger charge is 2.30. The molecule has 1 N–H and O–H groups in total. The number of rotatable bonds is 5. The smallest absolute Gasteiger partial charge is 0.463 e. The molecule has 1 amide bonds. The highest BCUT2D eigenvalue weighted by molar-refractivity contribution is 5.90. The highest BCUT2D eigenvalue weighted by Crippen LogP contribution is 2.24. The zero-order valence-corrected chi connectivity index (χ0v) is 13.6. The first kappa shape index (κ1) is 18.2. The fourth-order valence-electron chi connectivity index (χ4n) is 2.19. The third-order valence-corrected chi connectivity index (χ3v) is 3.31. The molecular formula is C17H12F3N3O4. The average molecular weight is 379 g/mol. The standard InChI is InChI=1S/C17H12F3N3O4/c18-17(19,20)27-12-5-3-11(4-6-12)21-15(24)10-23-16(25)8-7-13(22-23)14-2-1-9-26-14/h1-9H,10H2,(H,21,24). The molecule has 3 aromatic rings. The van der Waals surface area contributed by atoms with Crippen LogP contribution >= 0.6 is 0 Å². The van der Waals surface area contributed by atoms with E-state index in [9.17, 15) is 22.8 Å². The molecule has 0 atom stereocenters. The number of anilines is 1. The van der Waals surface area contributed by atoms with E-state index in [0.29, 0.717) is 11.5 Å². The summed E-state index contributed by atoms with van der Waals surface area (Å²) in [5.74, 6) is -0.556. The van der Waals surface area contributed by atoms with Crippen LogP contribution in [0.15, 0.2) is 64.0 Å². The third-order valence-electron chi connectivity index (χ3n) is 3.31. The first-order valence-corrected chi connectivity index (χ1v) is 7.58.